The molecule has 0 fully saturated rings. The van der Waals surface area contributed by atoms with Gasteiger partial charge in [0.25, 0.3) is 0 Å². The first-order valence-electron chi connectivity index (χ1n) is 16.9. The van der Waals surface area contributed by atoms with Gasteiger partial charge in [0.1, 0.15) is 0 Å². The molecule has 3 heteroatoms. The van der Waals surface area contributed by atoms with Crippen LogP contribution in [0.4, 0.5) is 0 Å². The average Bonchev–Trinajstić information content (AvgIpc) is 3.21. The Labute approximate surface area is 291 Å². The largest absolute Gasteiger partial charge is 0.264 e. The maximum Gasteiger partial charge on any atom is 0.160 e. The lowest BCUT2D eigenvalue weighted by atomic mass is 9.84. The van der Waals surface area contributed by atoms with Crippen molar-refractivity contribution >= 4 is 21.5 Å². The molecule has 3 nitrogen and oxygen atoms in total. The number of benzene rings is 7. The summed E-state index contributed by atoms with van der Waals surface area (Å²) in [4.78, 5) is 14.6. The molecule has 0 bridgehead atoms. The van der Waals surface area contributed by atoms with Gasteiger partial charge < -0.3 is 0 Å². The van der Waals surface area contributed by atoms with Gasteiger partial charge in [0, 0.05) is 34.6 Å². The summed E-state index contributed by atoms with van der Waals surface area (Å²) in [5, 5.41) is 4.87. The van der Waals surface area contributed by atoms with Crippen molar-refractivity contribution in [3.63, 3.8) is 0 Å². The third-order valence-electron chi connectivity index (χ3n) is 9.36. The predicted octanol–water partition coefficient (Wildman–Crippen LogP) is 12.2. The molecule has 0 atom stereocenters. The Morgan fingerprint density at radius 3 is 1.56 bits per heavy atom. The highest BCUT2D eigenvalue weighted by molar-refractivity contribution is 6.22. The molecular formula is C47H31N3. The minimum atomic E-state index is 0.709. The van der Waals surface area contributed by atoms with E-state index in [1.165, 1.54) is 38.2 Å². The van der Waals surface area contributed by atoms with E-state index in [1.54, 1.807) is 0 Å². The number of hydrogen-bond donors (Lipinski definition) is 0. The normalized spacial score (nSPS) is 11.2. The van der Waals surface area contributed by atoms with Crippen LogP contribution in [-0.4, -0.2) is 15.0 Å². The smallest absolute Gasteiger partial charge is 0.160 e. The van der Waals surface area contributed by atoms with Crippen LogP contribution >= 0.6 is 0 Å². The molecule has 0 aliphatic carbocycles. The Kier molecular flexibility index (Phi) is 7.49. The van der Waals surface area contributed by atoms with Crippen LogP contribution in [0, 0.1) is 0 Å². The molecule has 2 heterocycles. The maximum absolute atomic E-state index is 5.10. The van der Waals surface area contributed by atoms with E-state index >= 15 is 0 Å². The summed E-state index contributed by atoms with van der Waals surface area (Å²) in [6.07, 6.45) is 3.81. The highest BCUT2D eigenvalue weighted by atomic mass is 14.9. The van der Waals surface area contributed by atoms with Crippen LogP contribution in [0.25, 0.3) is 88.8 Å². The van der Waals surface area contributed by atoms with Gasteiger partial charge >= 0.3 is 0 Å². The highest BCUT2D eigenvalue weighted by Gasteiger charge is 2.19. The van der Waals surface area contributed by atoms with Crippen molar-refractivity contribution in [2.24, 2.45) is 0 Å². The summed E-state index contributed by atoms with van der Waals surface area (Å²) in [5.74, 6) is 0.709. The number of pyridine rings is 1. The van der Waals surface area contributed by atoms with Crippen LogP contribution < -0.4 is 0 Å². The van der Waals surface area contributed by atoms with E-state index in [2.05, 4.69) is 138 Å². The maximum atomic E-state index is 5.10. The molecule has 0 aliphatic heterocycles. The summed E-state index contributed by atoms with van der Waals surface area (Å²) >= 11 is 0. The highest BCUT2D eigenvalue weighted by Crippen LogP contribution is 2.45. The monoisotopic (exact) mass is 637 g/mol. The van der Waals surface area contributed by atoms with E-state index in [1.807, 2.05) is 54.9 Å². The van der Waals surface area contributed by atoms with E-state index in [4.69, 9.17) is 9.97 Å². The topological polar surface area (TPSA) is 38.7 Å². The quantitative estimate of drug-likeness (QED) is 0.170. The first kappa shape index (κ1) is 29.4. The molecule has 0 aliphatic rings. The van der Waals surface area contributed by atoms with Crippen molar-refractivity contribution in [1.82, 2.24) is 15.0 Å². The van der Waals surface area contributed by atoms with Crippen molar-refractivity contribution < 1.29 is 0 Å². The van der Waals surface area contributed by atoms with Crippen LogP contribution in [0.15, 0.2) is 188 Å². The van der Waals surface area contributed by atoms with Gasteiger partial charge in [-0.25, -0.2) is 9.97 Å². The number of hydrogen-bond acceptors (Lipinski definition) is 3. The molecule has 9 rings (SSSR count). The molecule has 234 valence electrons. The summed E-state index contributed by atoms with van der Waals surface area (Å²) in [5.41, 5.74) is 11.8. The van der Waals surface area contributed by atoms with Crippen LogP contribution in [0.5, 0.6) is 0 Å². The fourth-order valence-electron chi connectivity index (χ4n) is 7.01. The zero-order valence-corrected chi connectivity index (χ0v) is 27.2. The van der Waals surface area contributed by atoms with E-state index < -0.39 is 0 Å². The molecule has 7 aromatic carbocycles. The molecule has 0 radical (unpaired) electrons. The molecule has 0 unspecified atom stereocenters. The Hall–Kier alpha value is -6.71. The summed E-state index contributed by atoms with van der Waals surface area (Å²) in [7, 11) is 0. The van der Waals surface area contributed by atoms with Crippen LogP contribution in [0.2, 0.25) is 0 Å². The standard InChI is InChI=1S/C47H31N3/c1-4-14-32(15-5-1)43-30-44(50-47(49-43)34-18-8-3-9-19-34)37-21-12-20-35(28-37)36-25-26-40-39-23-10-11-24-41(39)46(38-22-13-27-48-31-38)45(42(40)29-36)33-16-6-2-7-17-33/h1-31H. The predicted molar refractivity (Wildman–Crippen MR) is 207 cm³/mol. The number of rotatable bonds is 6. The van der Waals surface area contributed by atoms with Gasteiger partial charge in [-0.3, -0.25) is 4.98 Å². The first-order chi connectivity index (χ1) is 24.8. The molecule has 0 N–H and O–H groups in total. The SMILES string of the molecule is c1ccc(-c2cc(-c3cccc(-c4ccc5c(c4)c(-c4ccccc4)c(-c4cccnc4)c4ccccc45)c3)nc(-c3ccccc3)n2)cc1. The number of nitrogens with zero attached hydrogens (tertiary/aromatic N) is 3. The second-order valence-electron chi connectivity index (χ2n) is 12.4. The third-order valence-corrected chi connectivity index (χ3v) is 9.36. The van der Waals surface area contributed by atoms with Crippen molar-refractivity contribution in [1.29, 1.82) is 0 Å². The Bertz CT molecular complexity index is 2560. The van der Waals surface area contributed by atoms with Crippen molar-refractivity contribution in [2.45, 2.75) is 0 Å². The number of aromatic nitrogens is 3. The van der Waals surface area contributed by atoms with Crippen LogP contribution in [0.3, 0.4) is 0 Å². The zero-order valence-electron chi connectivity index (χ0n) is 27.2. The van der Waals surface area contributed by atoms with Crippen molar-refractivity contribution in [3.8, 4) is 67.3 Å². The van der Waals surface area contributed by atoms with E-state index in [9.17, 15) is 0 Å². The van der Waals surface area contributed by atoms with Gasteiger partial charge in [-0.15, -0.1) is 0 Å². The second-order valence-corrected chi connectivity index (χ2v) is 12.4. The molecule has 0 amide bonds. The molecule has 2 aromatic heterocycles. The molecule has 0 saturated heterocycles. The Morgan fingerprint density at radius 1 is 0.300 bits per heavy atom. The lowest BCUT2D eigenvalue weighted by molar-refractivity contribution is 1.18. The van der Waals surface area contributed by atoms with Crippen molar-refractivity contribution in [2.75, 3.05) is 0 Å². The summed E-state index contributed by atoms with van der Waals surface area (Å²) < 4.78 is 0. The third kappa shape index (κ3) is 5.41. The minimum absolute atomic E-state index is 0.709. The lowest BCUT2D eigenvalue weighted by Gasteiger charge is -2.19. The molecule has 50 heavy (non-hydrogen) atoms. The first-order valence-corrected chi connectivity index (χ1v) is 16.9. The summed E-state index contributed by atoms with van der Waals surface area (Å²) in [6.45, 7) is 0. The van der Waals surface area contributed by atoms with Crippen LogP contribution in [0.1, 0.15) is 0 Å². The minimum Gasteiger partial charge on any atom is -0.264 e. The molecule has 0 saturated carbocycles. The van der Waals surface area contributed by atoms with E-state index in [0.29, 0.717) is 5.82 Å². The van der Waals surface area contributed by atoms with Gasteiger partial charge in [-0.1, -0.05) is 152 Å². The summed E-state index contributed by atoms with van der Waals surface area (Å²) in [6, 6.07) is 61.8. The lowest BCUT2D eigenvalue weighted by Crippen LogP contribution is -1.96. The van der Waals surface area contributed by atoms with Crippen LogP contribution in [-0.2, 0) is 0 Å². The number of fused-ring (bicyclic) bond motifs is 3. The van der Waals surface area contributed by atoms with Crippen molar-refractivity contribution in [3.05, 3.63) is 188 Å². The Morgan fingerprint density at radius 2 is 0.840 bits per heavy atom. The molecule has 0 spiro atoms. The van der Waals surface area contributed by atoms with Gasteiger partial charge in [0.2, 0.25) is 0 Å². The fraction of sp³-hybridized carbons (Fsp3) is 0. The fourth-order valence-corrected chi connectivity index (χ4v) is 7.01. The zero-order chi connectivity index (χ0) is 33.3. The van der Waals surface area contributed by atoms with Gasteiger partial charge in [-0.05, 0) is 73.6 Å². The van der Waals surface area contributed by atoms with Gasteiger partial charge in [-0.2, -0.15) is 0 Å². The van der Waals surface area contributed by atoms with E-state index in [-0.39, 0.29) is 0 Å². The van der Waals surface area contributed by atoms with Gasteiger partial charge in [0.15, 0.2) is 5.82 Å². The molecule has 9 aromatic rings. The Balaban J connectivity index is 1.25. The molecular weight excluding hydrogens is 607 g/mol. The van der Waals surface area contributed by atoms with E-state index in [0.717, 1.165) is 44.8 Å². The van der Waals surface area contributed by atoms with Gasteiger partial charge in [0.05, 0.1) is 11.4 Å². The second kappa shape index (κ2) is 12.7. The average molecular weight is 638 g/mol.